The summed E-state index contributed by atoms with van der Waals surface area (Å²) in [6, 6.07) is 0. The zero-order chi connectivity index (χ0) is 52.6. The molecule has 7 saturated heterocycles. The maximum Gasteiger partial charge on any atom is 0.176 e. The summed E-state index contributed by atoms with van der Waals surface area (Å²) < 4.78 is 102. The van der Waals surface area contributed by atoms with Gasteiger partial charge >= 0.3 is 0 Å². The summed E-state index contributed by atoms with van der Waals surface area (Å²) >= 11 is 0. The lowest BCUT2D eigenvalue weighted by molar-refractivity contribution is -0.351. The Labute approximate surface area is 437 Å². The van der Waals surface area contributed by atoms with Crippen molar-refractivity contribution in [3.63, 3.8) is 0 Å². The molecule has 19 heteroatoms. The SMILES string of the molecule is CO[C@H]1C[C@H](O[C@H]2[C@@H](OC)C[C@H](O[C@@H]3[C@@H](C)O[C@@H](O[C@H]4[C@@H](O)C[C@H](O[C@@H]5[C@@H](C)O[C@@H](O[C@H]6CC[C@@]7(C)C(=CC[C@@]89O[C@@H](C)[C@@H]%10CCC(=O)[C@]%10(C)[C@@H](C[C@@H]87)O9)C6)C[C@H]5OC)O[C@@H]4C)C[C@H]3OC)O[C@@H]2C)O[C@H](C)[C@H]1O. The van der Waals surface area contributed by atoms with Gasteiger partial charge in [-0.25, -0.2) is 0 Å². The summed E-state index contributed by atoms with van der Waals surface area (Å²) in [6.07, 6.45) is -1.19. The molecule has 0 aromatic heterocycles. The zero-order valence-corrected chi connectivity index (χ0v) is 45.8. The van der Waals surface area contributed by atoms with Gasteiger partial charge in [0.05, 0.1) is 84.8 Å². The molecule has 0 amide bonds. The third kappa shape index (κ3) is 10.4. The van der Waals surface area contributed by atoms with Crippen LogP contribution in [0.15, 0.2) is 11.6 Å². The molecule has 2 N–H and O–H groups in total. The van der Waals surface area contributed by atoms with Crippen molar-refractivity contribution in [2.45, 2.75) is 280 Å². The predicted molar refractivity (Wildman–Crippen MR) is 261 cm³/mol. The molecule has 422 valence electrons. The van der Waals surface area contributed by atoms with Crippen LogP contribution in [0.2, 0.25) is 0 Å². The van der Waals surface area contributed by atoms with Crippen LogP contribution in [0.4, 0.5) is 0 Å². The smallest absolute Gasteiger partial charge is 0.176 e. The lowest BCUT2D eigenvalue weighted by Gasteiger charge is -2.53. The van der Waals surface area contributed by atoms with E-state index in [9.17, 15) is 15.0 Å². The van der Waals surface area contributed by atoms with E-state index in [1.54, 1.807) is 35.4 Å². The number of rotatable bonds is 14. The first kappa shape index (κ1) is 56.0. The maximum absolute atomic E-state index is 13.4. The van der Waals surface area contributed by atoms with E-state index in [1.807, 2.05) is 27.7 Å². The highest BCUT2D eigenvalue weighted by Gasteiger charge is 2.69. The second-order valence-electron chi connectivity index (χ2n) is 23.8. The van der Waals surface area contributed by atoms with E-state index < -0.39 is 116 Å². The average molecular weight is 1050 g/mol. The summed E-state index contributed by atoms with van der Waals surface area (Å²) in [5.74, 6) is 0.00754. The highest BCUT2D eigenvalue weighted by molar-refractivity contribution is 5.88. The topological polar surface area (TPSA) is 205 Å². The number of carbonyl (C=O) groups is 1. The van der Waals surface area contributed by atoms with Crippen molar-refractivity contribution in [1.82, 2.24) is 0 Å². The molecule has 9 fully saturated rings. The lowest BCUT2D eigenvalue weighted by Crippen LogP contribution is -2.58. The fraction of sp³-hybridized carbons (Fsp3) is 0.945. The van der Waals surface area contributed by atoms with E-state index in [-0.39, 0.29) is 60.3 Å². The molecule has 28 atom stereocenters. The molecule has 0 aromatic rings. The Morgan fingerprint density at radius 3 is 1.55 bits per heavy atom. The van der Waals surface area contributed by atoms with Crippen molar-refractivity contribution < 1.29 is 90.8 Å². The van der Waals surface area contributed by atoms with E-state index in [2.05, 4.69) is 26.8 Å². The number of aliphatic hydroxyl groups is 2. The molecule has 2 bridgehead atoms. The Kier molecular flexibility index (Phi) is 16.9. The van der Waals surface area contributed by atoms with Gasteiger partial charge in [-0.05, 0) is 86.0 Å². The van der Waals surface area contributed by atoms with Crippen LogP contribution in [0, 0.1) is 22.7 Å². The van der Waals surface area contributed by atoms with E-state index >= 15 is 0 Å². The average Bonchev–Trinajstić information content (AvgIpc) is 3.92. The number of ether oxygens (including phenoxy) is 16. The molecule has 74 heavy (non-hydrogen) atoms. The first-order valence-corrected chi connectivity index (χ1v) is 27.9. The summed E-state index contributed by atoms with van der Waals surface area (Å²) in [5, 5.41) is 22.0. The third-order valence-electron chi connectivity index (χ3n) is 19.5. The third-order valence-corrected chi connectivity index (χ3v) is 19.5. The Morgan fingerprint density at radius 1 is 0.554 bits per heavy atom. The first-order valence-electron chi connectivity index (χ1n) is 27.9. The fourth-order valence-corrected chi connectivity index (χ4v) is 15.2. The van der Waals surface area contributed by atoms with Gasteiger partial charge in [0, 0.05) is 85.2 Å². The van der Waals surface area contributed by atoms with Crippen molar-refractivity contribution >= 4 is 5.78 Å². The van der Waals surface area contributed by atoms with Gasteiger partial charge in [-0.15, -0.1) is 0 Å². The Balaban J connectivity index is 0.685. The number of methoxy groups -OCH3 is 4. The summed E-state index contributed by atoms with van der Waals surface area (Å²) in [7, 11) is 6.52. The molecule has 0 aromatic carbocycles. The van der Waals surface area contributed by atoms with Gasteiger partial charge in [-0.3, -0.25) is 4.79 Å². The minimum Gasteiger partial charge on any atom is -0.390 e. The monoisotopic (exact) mass is 1050 g/mol. The van der Waals surface area contributed by atoms with Crippen molar-refractivity contribution in [2.24, 2.45) is 22.7 Å². The summed E-state index contributed by atoms with van der Waals surface area (Å²) in [6.45, 7) is 16.1. The van der Waals surface area contributed by atoms with Gasteiger partial charge in [-0.1, -0.05) is 18.6 Å². The van der Waals surface area contributed by atoms with E-state index in [1.165, 1.54) is 5.57 Å². The van der Waals surface area contributed by atoms with Crippen LogP contribution in [0.3, 0.4) is 0 Å². The van der Waals surface area contributed by atoms with Gasteiger partial charge < -0.3 is 86.0 Å². The number of hydrogen-bond acceptors (Lipinski definition) is 19. The number of hydrogen-bond donors (Lipinski definition) is 2. The number of carbonyl (C=O) groups excluding carboxylic acids is 1. The van der Waals surface area contributed by atoms with Crippen LogP contribution in [-0.4, -0.2) is 192 Å². The molecule has 0 radical (unpaired) electrons. The van der Waals surface area contributed by atoms with Crippen molar-refractivity contribution in [2.75, 3.05) is 28.4 Å². The van der Waals surface area contributed by atoms with Gasteiger partial charge in [0.2, 0.25) is 0 Å². The maximum atomic E-state index is 13.4. The Bertz CT molecular complexity index is 1950. The molecule has 7 aliphatic heterocycles. The number of Topliss-reactive ketones (excluding diaryl/α,β-unsaturated/α-hetero) is 1. The Morgan fingerprint density at radius 2 is 1.03 bits per heavy atom. The predicted octanol–water partition coefficient (Wildman–Crippen LogP) is 5.39. The second-order valence-corrected chi connectivity index (χ2v) is 23.8. The van der Waals surface area contributed by atoms with E-state index in [0.29, 0.717) is 44.3 Å². The molecule has 3 aliphatic carbocycles. The minimum absolute atomic E-state index is 0.0244. The van der Waals surface area contributed by atoms with E-state index in [4.69, 9.17) is 75.8 Å². The number of fused-ring (bicyclic) bond motifs is 5. The largest absolute Gasteiger partial charge is 0.390 e. The Hall–Kier alpha value is -1.31. The molecular weight excluding hydrogens is 965 g/mol. The van der Waals surface area contributed by atoms with Gasteiger partial charge in [0.15, 0.2) is 37.2 Å². The zero-order valence-electron chi connectivity index (χ0n) is 45.8. The van der Waals surface area contributed by atoms with Gasteiger partial charge in [0.25, 0.3) is 0 Å². The first-order chi connectivity index (χ1) is 35.3. The van der Waals surface area contributed by atoms with Crippen LogP contribution in [0.1, 0.15) is 132 Å². The lowest BCUT2D eigenvalue weighted by atomic mass is 9.56. The van der Waals surface area contributed by atoms with Crippen LogP contribution in [0.25, 0.3) is 0 Å². The standard InChI is InChI=1S/C55H88O19/c1-26-34-13-14-41(57)54(34,8)42-25-40-53(7)17-16-33(19-32(53)15-18-55(40,73-26)74-42)68-44-22-37(60-10)50(29(4)65-44)70-43-20-35(56)49(28(3)64-43)69-46-23-38(61-11)52(30(5)66-46)72-47-24-39(62-12)51(31(6)67-47)71-45-21-36(59-9)48(58)27(2)63-45/h15,26-31,33-40,42-52,56,58H,13-14,16-25H2,1-12H3/t26-,27+,28+,29+,30+,31+,33-,34-,35-,36-,37+,38+,39-,40+,42+,43-,44-,45-,46-,47-,48+,49+,50+,51+,52+,53-,54+,55-/m0/s1. The highest BCUT2D eigenvalue weighted by atomic mass is 16.8. The van der Waals surface area contributed by atoms with Crippen molar-refractivity contribution in [1.29, 1.82) is 0 Å². The molecule has 7 heterocycles. The van der Waals surface area contributed by atoms with Crippen molar-refractivity contribution in [3.8, 4) is 0 Å². The quantitative estimate of drug-likeness (QED) is 0.209. The van der Waals surface area contributed by atoms with Gasteiger partial charge in [0.1, 0.15) is 36.3 Å². The van der Waals surface area contributed by atoms with Crippen LogP contribution < -0.4 is 0 Å². The molecule has 0 unspecified atom stereocenters. The van der Waals surface area contributed by atoms with Gasteiger partial charge in [-0.2, -0.15) is 0 Å². The second kappa shape index (κ2) is 22.3. The van der Waals surface area contributed by atoms with Crippen molar-refractivity contribution in [3.05, 3.63) is 11.6 Å². The molecular formula is C55H88O19. The van der Waals surface area contributed by atoms with E-state index in [0.717, 1.165) is 32.1 Å². The fourth-order valence-electron chi connectivity index (χ4n) is 15.2. The van der Waals surface area contributed by atoms with Crippen LogP contribution in [-0.2, 0) is 80.6 Å². The molecule has 10 rings (SSSR count). The normalized spacial score (nSPS) is 53.7. The van der Waals surface area contributed by atoms with Crippen LogP contribution >= 0.6 is 0 Å². The summed E-state index contributed by atoms with van der Waals surface area (Å²) in [4.78, 5) is 13.4. The number of ketones is 1. The molecule has 2 saturated carbocycles. The highest BCUT2D eigenvalue weighted by Crippen LogP contribution is 2.66. The minimum atomic E-state index is -0.915. The molecule has 10 aliphatic rings. The molecule has 19 nitrogen and oxygen atoms in total. The molecule has 1 spiro atoms. The number of aliphatic hydroxyl groups excluding tert-OH is 2. The van der Waals surface area contributed by atoms with Crippen LogP contribution in [0.5, 0.6) is 0 Å². The summed E-state index contributed by atoms with van der Waals surface area (Å²) in [5.41, 5.74) is 0.782.